The van der Waals surface area contributed by atoms with E-state index in [2.05, 4.69) is 0 Å². The molecular weight excluding hydrogens is 299 g/mol. The van der Waals surface area contributed by atoms with Gasteiger partial charge in [0.15, 0.2) is 0 Å². The largest absolute Gasteiger partial charge is 0.478 e. The normalized spacial score (nSPS) is 22.9. The van der Waals surface area contributed by atoms with Crippen LogP contribution in [-0.2, 0) is 15.7 Å². The summed E-state index contributed by atoms with van der Waals surface area (Å²) < 4.78 is 44.1. The zero-order valence-electron chi connectivity index (χ0n) is 12.6. The summed E-state index contributed by atoms with van der Waals surface area (Å²) >= 11 is 0. The molecule has 1 heterocycles. The van der Waals surface area contributed by atoms with Crippen LogP contribution in [0.4, 0.5) is 18.9 Å². The van der Waals surface area contributed by atoms with Crippen LogP contribution in [0.5, 0.6) is 0 Å². The van der Waals surface area contributed by atoms with Crippen molar-refractivity contribution in [3.63, 3.8) is 0 Å². The first kappa shape index (κ1) is 16.6. The Morgan fingerprint density at radius 3 is 2.45 bits per heavy atom. The van der Waals surface area contributed by atoms with Gasteiger partial charge in [0, 0.05) is 17.6 Å². The Morgan fingerprint density at radius 1 is 1.32 bits per heavy atom. The Labute approximate surface area is 126 Å². The molecule has 1 aliphatic heterocycles. The first-order valence-electron chi connectivity index (χ1n) is 6.82. The lowest BCUT2D eigenvalue weighted by atomic mass is 9.81. The molecule has 1 aliphatic rings. The molecule has 1 fully saturated rings. The second-order valence-corrected chi connectivity index (χ2v) is 6.25. The van der Waals surface area contributed by atoms with Gasteiger partial charge in [0.05, 0.1) is 12.2 Å². The smallest absolute Gasteiger partial charge is 0.416 e. The number of nitrogens with zero attached hydrogens (tertiary/aromatic N) is 1. The van der Waals surface area contributed by atoms with E-state index in [-0.39, 0.29) is 18.8 Å². The summed E-state index contributed by atoms with van der Waals surface area (Å²) in [5.41, 5.74) is -3.16. The summed E-state index contributed by atoms with van der Waals surface area (Å²) in [6.45, 7) is 5.41. The predicted octanol–water partition coefficient (Wildman–Crippen LogP) is 3.37. The summed E-state index contributed by atoms with van der Waals surface area (Å²) in [7, 11) is 0. The minimum absolute atomic E-state index is 0.139. The van der Waals surface area contributed by atoms with Gasteiger partial charge in [-0.1, -0.05) is 26.8 Å². The van der Waals surface area contributed by atoms with E-state index in [1.54, 1.807) is 20.8 Å². The van der Waals surface area contributed by atoms with Crippen LogP contribution in [0.1, 0.15) is 26.3 Å². The van der Waals surface area contributed by atoms with Crippen molar-refractivity contribution in [2.45, 2.75) is 32.7 Å². The number of benzene rings is 1. The average Bonchev–Trinajstić information content (AvgIpc) is 2.83. The molecular formula is C15H18F3NO3. The molecule has 122 valence electrons. The van der Waals surface area contributed by atoms with Gasteiger partial charge in [0.2, 0.25) is 5.72 Å². The molecule has 4 nitrogen and oxygen atoms in total. The predicted molar refractivity (Wildman–Crippen MR) is 74.6 cm³/mol. The highest BCUT2D eigenvalue weighted by Crippen LogP contribution is 2.44. The molecule has 22 heavy (non-hydrogen) atoms. The average molecular weight is 317 g/mol. The zero-order chi connectivity index (χ0) is 16.8. The Kier molecular flexibility index (Phi) is 3.89. The van der Waals surface area contributed by atoms with E-state index in [4.69, 9.17) is 4.74 Å². The topological polar surface area (TPSA) is 49.8 Å². The number of halogens is 3. The van der Waals surface area contributed by atoms with E-state index in [0.29, 0.717) is 0 Å². The highest BCUT2D eigenvalue weighted by atomic mass is 19.4. The first-order chi connectivity index (χ1) is 10.00. The number of alkyl halides is 3. The fourth-order valence-corrected chi connectivity index (χ4v) is 2.80. The fraction of sp³-hybridized carbons (Fsp3) is 0.533. The lowest BCUT2D eigenvalue weighted by Crippen LogP contribution is -2.60. The molecule has 1 unspecified atom stereocenters. The number of hydrogen-bond donors (Lipinski definition) is 1. The maximum absolute atomic E-state index is 12.9. The third kappa shape index (κ3) is 2.54. The van der Waals surface area contributed by atoms with Crippen LogP contribution in [0.2, 0.25) is 0 Å². The van der Waals surface area contributed by atoms with Gasteiger partial charge in [0.25, 0.3) is 0 Å². The lowest BCUT2D eigenvalue weighted by molar-refractivity contribution is -0.173. The van der Waals surface area contributed by atoms with Gasteiger partial charge in [-0.3, -0.25) is 0 Å². The van der Waals surface area contributed by atoms with Gasteiger partial charge < -0.3 is 14.7 Å². The van der Waals surface area contributed by atoms with Crippen molar-refractivity contribution in [1.82, 2.24) is 0 Å². The summed E-state index contributed by atoms with van der Waals surface area (Å²) in [6.07, 6.45) is -4.48. The number of carboxylic acids is 1. The van der Waals surface area contributed by atoms with Crippen molar-refractivity contribution in [3.8, 4) is 0 Å². The zero-order valence-corrected chi connectivity index (χ0v) is 12.6. The van der Waals surface area contributed by atoms with Crippen LogP contribution in [0, 0.1) is 5.41 Å². The van der Waals surface area contributed by atoms with Gasteiger partial charge in [0.1, 0.15) is 0 Å². The molecule has 1 atom stereocenters. The molecule has 0 aliphatic carbocycles. The minimum atomic E-state index is -4.48. The van der Waals surface area contributed by atoms with Gasteiger partial charge >= 0.3 is 12.1 Å². The Balaban J connectivity index is 2.54. The number of carboxylic acid groups (broad SMARTS) is 1. The van der Waals surface area contributed by atoms with E-state index in [9.17, 15) is 23.1 Å². The SMILES string of the molecule is CC(C)(C)C1(C(=O)O)OCCN1c1cccc(C(F)(F)F)c1. The number of carbonyl (C=O) groups is 1. The van der Waals surface area contributed by atoms with Gasteiger partial charge in [-0.05, 0) is 18.2 Å². The van der Waals surface area contributed by atoms with Crippen molar-refractivity contribution >= 4 is 11.7 Å². The summed E-state index contributed by atoms with van der Waals surface area (Å²) in [5.74, 6) is -1.21. The third-order valence-corrected chi connectivity index (χ3v) is 3.80. The maximum atomic E-state index is 12.9. The molecule has 0 spiro atoms. The minimum Gasteiger partial charge on any atom is -0.478 e. The second-order valence-electron chi connectivity index (χ2n) is 6.25. The summed E-state index contributed by atoms with van der Waals surface area (Å²) in [4.78, 5) is 13.2. The molecule has 1 saturated heterocycles. The molecule has 1 aromatic rings. The molecule has 0 radical (unpaired) electrons. The van der Waals surface area contributed by atoms with Gasteiger partial charge in [-0.15, -0.1) is 0 Å². The number of ether oxygens (including phenoxy) is 1. The van der Waals surface area contributed by atoms with E-state index < -0.39 is 28.8 Å². The summed E-state index contributed by atoms with van der Waals surface area (Å²) in [5, 5.41) is 9.67. The van der Waals surface area contributed by atoms with Crippen LogP contribution in [-0.4, -0.2) is 30.0 Å². The number of anilines is 1. The molecule has 0 saturated carbocycles. The van der Waals surface area contributed by atoms with E-state index in [0.717, 1.165) is 12.1 Å². The van der Waals surface area contributed by atoms with Crippen molar-refractivity contribution in [2.75, 3.05) is 18.1 Å². The third-order valence-electron chi connectivity index (χ3n) is 3.80. The number of aliphatic carboxylic acids is 1. The molecule has 0 amide bonds. The van der Waals surface area contributed by atoms with E-state index in [1.807, 2.05) is 0 Å². The van der Waals surface area contributed by atoms with Crippen molar-refractivity contribution in [2.24, 2.45) is 5.41 Å². The van der Waals surface area contributed by atoms with Crippen molar-refractivity contribution in [3.05, 3.63) is 29.8 Å². The van der Waals surface area contributed by atoms with E-state index >= 15 is 0 Å². The summed E-state index contributed by atoms with van der Waals surface area (Å²) in [6, 6.07) is 4.65. The Hall–Kier alpha value is -1.76. The first-order valence-corrected chi connectivity index (χ1v) is 6.82. The second kappa shape index (κ2) is 5.15. The fourth-order valence-electron chi connectivity index (χ4n) is 2.80. The van der Waals surface area contributed by atoms with Crippen LogP contribution in [0.15, 0.2) is 24.3 Å². The van der Waals surface area contributed by atoms with Crippen LogP contribution < -0.4 is 4.90 Å². The molecule has 1 N–H and O–H groups in total. The van der Waals surface area contributed by atoms with E-state index in [1.165, 1.54) is 17.0 Å². The molecule has 7 heteroatoms. The standard InChI is InChI=1S/C15H18F3NO3/c1-13(2,3)14(12(20)21)19(7-8-22-14)11-6-4-5-10(9-11)15(16,17)18/h4-6,9H,7-8H2,1-3H3,(H,20,21). The van der Waals surface area contributed by atoms with Gasteiger partial charge in [-0.25, -0.2) is 4.79 Å². The molecule has 2 rings (SSSR count). The van der Waals surface area contributed by atoms with Crippen LogP contribution >= 0.6 is 0 Å². The number of hydrogen-bond acceptors (Lipinski definition) is 3. The van der Waals surface area contributed by atoms with Crippen molar-refractivity contribution in [1.29, 1.82) is 0 Å². The lowest BCUT2D eigenvalue weighted by Gasteiger charge is -2.44. The monoisotopic (exact) mass is 317 g/mol. The molecule has 0 bridgehead atoms. The molecule has 0 aromatic heterocycles. The van der Waals surface area contributed by atoms with Gasteiger partial charge in [-0.2, -0.15) is 13.2 Å². The maximum Gasteiger partial charge on any atom is 0.416 e. The van der Waals surface area contributed by atoms with Crippen LogP contribution in [0.3, 0.4) is 0 Å². The quantitative estimate of drug-likeness (QED) is 0.908. The van der Waals surface area contributed by atoms with Crippen LogP contribution in [0.25, 0.3) is 0 Å². The number of rotatable bonds is 2. The van der Waals surface area contributed by atoms with Crippen molar-refractivity contribution < 1.29 is 27.8 Å². The highest BCUT2D eigenvalue weighted by Gasteiger charge is 2.58. The Bertz CT molecular complexity index is 580. The Morgan fingerprint density at radius 2 is 1.95 bits per heavy atom. The highest BCUT2D eigenvalue weighted by molar-refractivity contribution is 5.83. The molecule has 1 aromatic carbocycles.